The van der Waals surface area contributed by atoms with Crippen molar-refractivity contribution in [2.24, 2.45) is 10.3 Å². The van der Waals surface area contributed by atoms with Crippen molar-refractivity contribution < 1.29 is 23.9 Å². The van der Waals surface area contributed by atoms with Gasteiger partial charge in [-0.15, -0.1) is 0 Å². The number of likely N-dealkylation sites (N-methyl/N-ethyl adjacent to an activating group) is 1. The first-order valence-corrected chi connectivity index (χ1v) is 9.80. The molecule has 0 fully saturated rings. The summed E-state index contributed by atoms with van der Waals surface area (Å²) in [6.07, 6.45) is -0.221. The van der Waals surface area contributed by atoms with Gasteiger partial charge in [0, 0.05) is 12.6 Å². The first-order valence-electron chi connectivity index (χ1n) is 9.80. The number of carbonyl (C=O) groups excluding carboxylic acids is 1. The summed E-state index contributed by atoms with van der Waals surface area (Å²) in [6, 6.07) is 13.0. The van der Waals surface area contributed by atoms with Crippen LogP contribution in [0.4, 0.5) is 0 Å². The molecule has 1 amide bonds. The van der Waals surface area contributed by atoms with Crippen LogP contribution in [-0.2, 0) is 21.1 Å². The Hall–Kier alpha value is -3.55. The fourth-order valence-electron chi connectivity index (χ4n) is 2.82. The van der Waals surface area contributed by atoms with E-state index in [0.29, 0.717) is 17.1 Å². The Balaban J connectivity index is 2.16. The third-order valence-corrected chi connectivity index (χ3v) is 4.56. The van der Waals surface area contributed by atoms with Gasteiger partial charge in [-0.05, 0) is 50.1 Å². The molecule has 166 valence electrons. The number of aryl methyl sites for hydroxylation is 1. The lowest BCUT2D eigenvalue weighted by Gasteiger charge is -2.16. The maximum absolute atomic E-state index is 12.2. The van der Waals surface area contributed by atoms with Gasteiger partial charge in [-0.25, -0.2) is 0 Å². The van der Waals surface area contributed by atoms with E-state index < -0.39 is 0 Å². The van der Waals surface area contributed by atoms with E-state index >= 15 is 0 Å². The van der Waals surface area contributed by atoms with Gasteiger partial charge in [0.15, 0.2) is 5.71 Å². The molecule has 2 aromatic rings. The third kappa shape index (κ3) is 6.47. The van der Waals surface area contributed by atoms with Crippen LogP contribution in [0.3, 0.4) is 0 Å². The van der Waals surface area contributed by atoms with Crippen LogP contribution in [0.2, 0.25) is 0 Å². The molecule has 31 heavy (non-hydrogen) atoms. The minimum Gasteiger partial charge on any atom is -0.489 e. The molecule has 1 unspecified atom stereocenters. The van der Waals surface area contributed by atoms with Crippen LogP contribution in [0.1, 0.15) is 30.5 Å². The molecule has 0 aliphatic rings. The molecule has 8 nitrogen and oxygen atoms in total. The van der Waals surface area contributed by atoms with Gasteiger partial charge in [-0.1, -0.05) is 34.6 Å². The zero-order valence-corrected chi connectivity index (χ0v) is 18.8. The SMILES string of the molecule is CNC(=O)/C(=N/OC)c1ccccc1COc1ccc(OC(C)/C(C)=N\OC)cc1C. The van der Waals surface area contributed by atoms with E-state index in [2.05, 4.69) is 15.6 Å². The number of nitrogens with zero attached hydrogens (tertiary/aromatic N) is 2. The highest BCUT2D eigenvalue weighted by Crippen LogP contribution is 2.25. The van der Waals surface area contributed by atoms with Gasteiger partial charge in [0.05, 0.1) is 5.71 Å². The summed E-state index contributed by atoms with van der Waals surface area (Å²) in [4.78, 5) is 21.8. The molecule has 0 radical (unpaired) electrons. The minimum atomic E-state index is -0.339. The van der Waals surface area contributed by atoms with Crippen LogP contribution in [-0.4, -0.2) is 44.7 Å². The molecule has 0 spiro atoms. The summed E-state index contributed by atoms with van der Waals surface area (Å²) in [6.45, 7) is 5.94. The maximum Gasteiger partial charge on any atom is 0.273 e. The number of benzene rings is 2. The van der Waals surface area contributed by atoms with Gasteiger partial charge >= 0.3 is 0 Å². The number of ether oxygens (including phenoxy) is 2. The van der Waals surface area contributed by atoms with E-state index in [1.807, 2.05) is 57.2 Å². The molecule has 0 aliphatic heterocycles. The number of amides is 1. The van der Waals surface area contributed by atoms with Crippen molar-refractivity contribution in [3.63, 3.8) is 0 Å². The molecule has 0 bridgehead atoms. The summed E-state index contributed by atoms with van der Waals surface area (Å²) in [5.41, 5.74) is 3.29. The van der Waals surface area contributed by atoms with Crippen molar-refractivity contribution in [1.82, 2.24) is 5.32 Å². The second-order valence-corrected chi connectivity index (χ2v) is 6.75. The van der Waals surface area contributed by atoms with Crippen LogP contribution in [0.15, 0.2) is 52.8 Å². The molecular formula is C23H29N3O5. The molecule has 0 aromatic heterocycles. The average molecular weight is 428 g/mol. The smallest absolute Gasteiger partial charge is 0.273 e. The Morgan fingerprint density at radius 3 is 2.45 bits per heavy atom. The highest BCUT2D eigenvalue weighted by Gasteiger charge is 2.18. The van der Waals surface area contributed by atoms with Crippen LogP contribution >= 0.6 is 0 Å². The highest BCUT2D eigenvalue weighted by molar-refractivity contribution is 6.45. The summed E-state index contributed by atoms with van der Waals surface area (Å²) < 4.78 is 11.9. The van der Waals surface area contributed by atoms with Crippen molar-refractivity contribution in [2.75, 3.05) is 21.3 Å². The van der Waals surface area contributed by atoms with Crippen LogP contribution < -0.4 is 14.8 Å². The van der Waals surface area contributed by atoms with E-state index in [0.717, 1.165) is 16.8 Å². The lowest BCUT2D eigenvalue weighted by atomic mass is 10.0. The summed E-state index contributed by atoms with van der Waals surface area (Å²) in [5, 5.41) is 10.4. The monoisotopic (exact) mass is 427 g/mol. The predicted octanol–water partition coefficient (Wildman–Crippen LogP) is 3.46. The van der Waals surface area contributed by atoms with Gasteiger partial charge in [-0.2, -0.15) is 0 Å². The van der Waals surface area contributed by atoms with Crippen molar-refractivity contribution in [1.29, 1.82) is 0 Å². The standard InChI is InChI=1S/C23H29N3O5/c1-15-13-19(31-17(3)16(2)25-28-5)11-12-21(15)30-14-18-9-7-8-10-20(18)22(26-29-6)23(27)24-4/h7-13,17H,14H2,1-6H3,(H,24,27)/b25-16-,26-22+. The van der Waals surface area contributed by atoms with Crippen LogP contribution in [0.5, 0.6) is 11.5 Å². The normalized spacial score (nSPS) is 12.7. The molecular weight excluding hydrogens is 398 g/mol. The van der Waals surface area contributed by atoms with Crippen molar-refractivity contribution in [3.8, 4) is 11.5 Å². The van der Waals surface area contributed by atoms with E-state index in [1.54, 1.807) is 13.1 Å². The maximum atomic E-state index is 12.2. The van der Waals surface area contributed by atoms with E-state index in [9.17, 15) is 4.79 Å². The first-order chi connectivity index (χ1) is 14.9. The quantitative estimate of drug-likeness (QED) is 0.463. The molecule has 8 heteroatoms. The summed E-state index contributed by atoms with van der Waals surface area (Å²) >= 11 is 0. The Morgan fingerprint density at radius 2 is 1.81 bits per heavy atom. The number of oxime groups is 2. The van der Waals surface area contributed by atoms with Crippen LogP contribution in [0, 0.1) is 6.92 Å². The Labute approximate surface area is 182 Å². The summed E-state index contributed by atoms with van der Waals surface area (Å²) in [5.74, 6) is 1.08. The highest BCUT2D eigenvalue weighted by atomic mass is 16.6. The Bertz CT molecular complexity index is 956. The molecule has 0 heterocycles. The number of nitrogens with one attached hydrogen (secondary N) is 1. The van der Waals surface area contributed by atoms with Crippen molar-refractivity contribution >= 4 is 17.3 Å². The van der Waals surface area contributed by atoms with E-state index in [4.69, 9.17) is 19.1 Å². The largest absolute Gasteiger partial charge is 0.489 e. The number of rotatable bonds is 10. The first kappa shape index (κ1) is 23.7. The van der Waals surface area contributed by atoms with Gasteiger partial charge in [0.2, 0.25) is 0 Å². The Kier molecular flexibility index (Phi) is 8.87. The molecule has 0 saturated carbocycles. The average Bonchev–Trinajstić information content (AvgIpc) is 2.77. The lowest BCUT2D eigenvalue weighted by molar-refractivity contribution is -0.114. The van der Waals surface area contributed by atoms with E-state index in [-0.39, 0.29) is 24.3 Å². The number of hydrogen-bond acceptors (Lipinski definition) is 7. The van der Waals surface area contributed by atoms with Gasteiger partial charge in [0.1, 0.15) is 38.4 Å². The van der Waals surface area contributed by atoms with E-state index in [1.165, 1.54) is 14.2 Å². The predicted molar refractivity (Wildman–Crippen MR) is 120 cm³/mol. The molecule has 1 N–H and O–H groups in total. The second-order valence-electron chi connectivity index (χ2n) is 6.75. The van der Waals surface area contributed by atoms with Gasteiger partial charge in [0.25, 0.3) is 5.91 Å². The number of hydrogen-bond donors (Lipinski definition) is 1. The molecule has 0 saturated heterocycles. The number of carbonyl (C=O) groups is 1. The Morgan fingerprint density at radius 1 is 1.10 bits per heavy atom. The molecule has 2 rings (SSSR count). The summed E-state index contributed by atoms with van der Waals surface area (Å²) in [7, 11) is 4.45. The van der Waals surface area contributed by atoms with Crippen molar-refractivity contribution in [2.45, 2.75) is 33.5 Å². The topological polar surface area (TPSA) is 90.7 Å². The zero-order valence-electron chi connectivity index (χ0n) is 18.8. The molecule has 2 aromatic carbocycles. The zero-order chi connectivity index (χ0) is 22.8. The van der Waals surface area contributed by atoms with Gasteiger partial charge in [-0.3, -0.25) is 4.79 Å². The molecule has 0 aliphatic carbocycles. The van der Waals surface area contributed by atoms with Crippen LogP contribution in [0.25, 0.3) is 0 Å². The molecule has 1 atom stereocenters. The lowest BCUT2D eigenvalue weighted by Crippen LogP contribution is -2.29. The minimum absolute atomic E-state index is 0.187. The van der Waals surface area contributed by atoms with Crippen molar-refractivity contribution in [3.05, 3.63) is 59.2 Å². The fraction of sp³-hybridized carbons (Fsp3) is 0.348. The fourth-order valence-corrected chi connectivity index (χ4v) is 2.82. The third-order valence-electron chi connectivity index (χ3n) is 4.56. The second kappa shape index (κ2) is 11.6. The van der Waals surface area contributed by atoms with Gasteiger partial charge < -0.3 is 24.5 Å².